The molecular weight excluding hydrogens is 486 g/mol. The summed E-state index contributed by atoms with van der Waals surface area (Å²) in [4.78, 5) is 28.4. The zero-order valence-electron chi connectivity index (χ0n) is 22.0. The number of carbonyl (C=O) groups is 2. The van der Waals surface area contributed by atoms with Gasteiger partial charge in [-0.15, -0.1) is 0 Å². The van der Waals surface area contributed by atoms with Crippen molar-refractivity contribution in [3.63, 3.8) is 0 Å². The molecular formula is C29H35N3O4S. The average molecular weight is 522 g/mol. The van der Waals surface area contributed by atoms with Crippen LogP contribution in [-0.4, -0.2) is 43.3 Å². The molecule has 0 unspecified atom stereocenters. The third kappa shape index (κ3) is 7.43. The SMILES string of the molecule is Cc1ccc(CN(C(=O)CN(c2ccccc2)S(=O)(=O)c2ccccc2)[C@@H](C)C(=O)NC(C)(C)C)cc1. The molecule has 0 heterocycles. The van der Waals surface area contributed by atoms with Gasteiger partial charge in [0.2, 0.25) is 11.8 Å². The number of benzene rings is 3. The summed E-state index contributed by atoms with van der Waals surface area (Å²) in [7, 11) is -4.05. The lowest BCUT2D eigenvalue weighted by Crippen LogP contribution is -2.54. The summed E-state index contributed by atoms with van der Waals surface area (Å²) in [5.74, 6) is -0.800. The molecule has 1 N–H and O–H groups in total. The van der Waals surface area contributed by atoms with E-state index >= 15 is 0 Å². The molecule has 8 heteroatoms. The predicted molar refractivity (Wildman–Crippen MR) is 147 cm³/mol. The van der Waals surface area contributed by atoms with E-state index in [0.717, 1.165) is 15.4 Å². The molecule has 0 saturated carbocycles. The first-order chi connectivity index (χ1) is 17.4. The second-order valence-electron chi connectivity index (χ2n) is 10.1. The molecule has 1 atom stereocenters. The fourth-order valence-corrected chi connectivity index (χ4v) is 5.22. The molecule has 0 fully saturated rings. The molecule has 0 radical (unpaired) electrons. The number of hydrogen-bond acceptors (Lipinski definition) is 4. The highest BCUT2D eigenvalue weighted by atomic mass is 32.2. The van der Waals surface area contributed by atoms with Gasteiger partial charge in [0.1, 0.15) is 12.6 Å². The van der Waals surface area contributed by atoms with E-state index in [4.69, 9.17) is 0 Å². The number of rotatable bonds is 9. The Balaban J connectivity index is 1.99. The minimum absolute atomic E-state index is 0.0789. The molecule has 7 nitrogen and oxygen atoms in total. The van der Waals surface area contributed by atoms with Crippen LogP contribution in [-0.2, 0) is 26.2 Å². The lowest BCUT2D eigenvalue weighted by Gasteiger charge is -2.33. The molecule has 0 aliphatic rings. The number of anilines is 1. The van der Waals surface area contributed by atoms with Crippen LogP contribution in [0.15, 0.2) is 89.8 Å². The van der Waals surface area contributed by atoms with E-state index in [0.29, 0.717) is 5.69 Å². The zero-order valence-corrected chi connectivity index (χ0v) is 22.8. The summed E-state index contributed by atoms with van der Waals surface area (Å²) in [5.41, 5.74) is 1.79. The van der Waals surface area contributed by atoms with Gasteiger partial charge in [-0.05, 0) is 64.4 Å². The summed E-state index contributed by atoms with van der Waals surface area (Å²) < 4.78 is 28.4. The standard InChI is InChI=1S/C29H35N3O4S/c1-22-16-18-24(19-17-22)20-31(23(2)28(34)30-29(3,4)5)27(33)21-32(25-12-8-6-9-13-25)37(35,36)26-14-10-7-11-15-26/h6-19,23H,20-21H2,1-5H3,(H,30,34)/t23-/m0/s1. The van der Waals surface area contributed by atoms with Crippen molar-refractivity contribution in [2.24, 2.45) is 0 Å². The topological polar surface area (TPSA) is 86.8 Å². The summed E-state index contributed by atoms with van der Waals surface area (Å²) >= 11 is 0. The van der Waals surface area contributed by atoms with E-state index in [2.05, 4.69) is 5.32 Å². The molecule has 0 bridgehead atoms. The summed E-state index contributed by atoms with van der Waals surface area (Å²) in [6.45, 7) is 8.93. The van der Waals surface area contributed by atoms with Crippen LogP contribution in [0.1, 0.15) is 38.8 Å². The van der Waals surface area contributed by atoms with Crippen LogP contribution in [0, 0.1) is 6.92 Å². The number of hydrogen-bond donors (Lipinski definition) is 1. The lowest BCUT2D eigenvalue weighted by atomic mass is 10.1. The molecule has 3 rings (SSSR count). The van der Waals surface area contributed by atoms with Crippen LogP contribution < -0.4 is 9.62 Å². The third-order valence-corrected chi connectivity index (χ3v) is 7.58. The molecule has 2 amide bonds. The van der Waals surface area contributed by atoms with Gasteiger partial charge in [-0.2, -0.15) is 0 Å². The Morgan fingerprint density at radius 2 is 1.41 bits per heavy atom. The number of nitrogens with zero attached hydrogens (tertiary/aromatic N) is 2. The second kappa shape index (κ2) is 11.6. The van der Waals surface area contributed by atoms with Crippen molar-refractivity contribution in [2.75, 3.05) is 10.8 Å². The average Bonchev–Trinajstić information content (AvgIpc) is 2.86. The molecule has 0 aliphatic heterocycles. The molecule has 3 aromatic carbocycles. The van der Waals surface area contributed by atoms with Crippen LogP contribution in [0.5, 0.6) is 0 Å². The second-order valence-corrected chi connectivity index (χ2v) is 11.9. The Hall–Kier alpha value is -3.65. The maximum atomic E-state index is 13.8. The third-order valence-electron chi connectivity index (χ3n) is 5.79. The van der Waals surface area contributed by atoms with Gasteiger partial charge in [0.05, 0.1) is 10.6 Å². The fraction of sp³-hybridized carbons (Fsp3) is 0.310. The van der Waals surface area contributed by atoms with Gasteiger partial charge in [0.15, 0.2) is 0 Å². The highest BCUT2D eigenvalue weighted by Crippen LogP contribution is 2.24. The van der Waals surface area contributed by atoms with Crippen LogP contribution in [0.2, 0.25) is 0 Å². The van der Waals surface area contributed by atoms with E-state index in [1.165, 1.54) is 17.0 Å². The fourth-order valence-electron chi connectivity index (χ4n) is 3.79. The first-order valence-corrected chi connectivity index (χ1v) is 13.6. The summed E-state index contributed by atoms with van der Waals surface area (Å²) in [6, 6.07) is 23.4. The molecule has 196 valence electrons. The van der Waals surface area contributed by atoms with Crippen LogP contribution >= 0.6 is 0 Å². The Kier molecular flexibility index (Phi) is 8.76. The smallest absolute Gasteiger partial charge is 0.264 e. The number of aryl methyl sites for hydroxylation is 1. The van der Waals surface area contributed by atoms with Crippen molar-refractivity contribution in [3.8, 4) is 0 Å². The Morgan fingerprint density at radius 1 is 0.865 bits per heavy atom. The number of nitrogens with one attached hydrogen (secondary N) is 1. The van der Waals surface area contributed by atoms with Gasteiger partial charge < -0.3 is 10.2 Å². The molecule has 3 aromatic rings. The van der Waals surface area contributed by atoms with E-state index in [-0.39, 0.29) is 17.3 Å². The van der Waals surface area contributed by atoms with E-state index in [1.807, 2.05) is 52.0 Å². The first-order valence-electron chi connectivity index (χ1n) is 12.2. The molecule has 0 aromatic heterocycles. The maximum Gasteiger partial charge on any atom is 0.264 e. The number of sulfonamides is 1. The predicted octanol–water partition coefficient (Wildman–Crippen LogP) is 4.52. The van der Waals surface area contributed by atoms with Crippen LogP contribution in [0.4, 0.5) is 5.69 Å². The Labute approximate surface area is 220 Å². The molecule has 37 heavy (non-hydrogen) atoms. The van der Waals surface area contributed by atoms with E-state index < -0.39 is 34.1 Å². The number of amides is 2. The minimum Gasteiger partial charge on any atom is -0.350 e. The molecule has 0 spiro atoms. The highest BCUT2D eigenvalue weighted by molar-refractivity contribution is 7.92. The maximum absolute atomic E-state index is 13.8. The number of para-hydroxylation sites is 1. The van der Waals surface area contributed by atoms with Gasteiger partial charge in [-0.25, -0.2) is 8.42 Å². The molecule has 0 saturated heterocycles. The highest BCUT2D eigenvalue weighted by Gasteiger charge is 2.33. The normalized spacial score (nSPS) is 12.5. The van der Waals surface area contributed by atoms with Crippen molar-refractivity contribution in [1.29, 1.82) is 0 Å². The summed E-state index contributed by atoms with van der Waals surface area (Å²) in [6.07, 6.45) is 0. The van der Waals surface area contributed by atoms with Crippen molar-refractivity contribution < 1.29 is 18.0 Å². The van der Waals surface area contributed by atoms with Crippen molar-refractivity contribution in [1.82, 2.24) is 10.2 Å². The van der Waals surface area contributed by atoms with Crippen molar-refractivity contribution in [3.05, 3.63) is 96.1 Å². The van der Waals surface area contributed by atoms with Crippen molar-refractivity contribution in [2.45, 2.75) is 57.6 Å². The van der Waals surface area contributed by atoms with Gasteiger partial charge in [0.25, 0.3) is 10.0 Å². The van der Waals surface area contributed by atoms with E-state index in [9.17, 15) is 18.0 Å². The largest absolute Gasteiger partial charge is 0.350 e. The Morgan fingerprint density at radius 3 is 1.95 bits per heavy atom. The lowest BCUT2D eigenvalue weighted by molar-refractivity contribution is -0.140. The van der Waals surface area contributed by atoms with Gasteiger partial charge in [-0.3, -0.25) is 13.9 Å². The van der Waals surface area contributed by atoms with Crippen LogP contribution in [0.25, 0.3) is 0 Å². The summed E-state index contributed by atoms with van der Waals surface area (Å²) in [5, 5.41) is 2.93. The first kappa shape index (κ1) is 27.9. The van der Waals surface area contributed by atoms with Gasteiger partial charge >= 0.3 is 0 Å². The van der Waals surface area contributed by atoms with Gasteiger partial charge in [0, 0.05) is 12.1 Å². The van der Waals surface area contributed by atoms with Gasteiger partial charge in [-0.1, -0.05) is 66.2 Å². The molecule has 0 aliphatic carbocycles. The quantitative estimate of drug-likeness (QED) is 0.449. The van der Waals surface area contributed by atoms with E-state index in [1.54, 1.807) is 55.5 Å². The Bertz CT molecular complexity index is 1300. The van der Waals surface area contributed by atoms with Crippen LogP contribution in [0.3, 0.4) is 0 Å². The minimum atomic E-state index is -4.05. The monoisotopic (exact) mass is 521 g/mol. The van der Waals surface area contributed by atoms with Crippen molar-refractivity contribution >= 4 is 27.5 Å². The number of carbonyl (C=O) groups excluding carboxylic acids is 2. The zero-order chi connectivity index (χ0) is 27.2.